The Morgan fingerprint density at radius 2 is 1.85 bits per heavy atom. The standard InChI is InChI=1S/C35H37N7O5/c1-5-32(43)39-27-19-28(35(45-4)23(2)34(27)41-16-15-40(3)33(44)21-41)38-30-20-31(37-22-36-30)42-29(14-17-46-42)24-10-9-13-26(18-24)47-25-11-7-6-8-12-25/h5-13,18-20,22,29H,1,14-17,21H2,2-4H3,(H,39,43)(H,36,37,38)/t29-/m1/s1. The molecule has 0 aliphatic carbocycles. The van der Waals surface area contributed by atoms with E-state index in [1.807, 2.05) is 66.4 Å². The van der Waals surface area contributed by atoms with E-state index in [0.717, 1.165) is 29.0 Å². The molecule has 2 saturated heterocycles. The summed E-state index contributed by atoms with van der Waals surface area (Å²) >= 11 is 0. The lowest BCUT2D eigenvalue weighted by Gasteiger charge is -2.36. The van der Waals surface area contributed by atoms with Crippen molar-refractivity contribution in [1.82, 2.24) is 14.9 Å². The highest BCUT2D eigenvalue weighted by Crippen LogP contribution is 2.44. The third-order valence-corrected chi connectivity index (χ3v) is 8.17. The van der Waals surface area contributed by atoms with E-state index >= 15 is 0 Å². The number of amides is 2. The first kappa shape index (κ1) is 31.4. The van der Waals surface area contributed by atoms with Crippen LogP contribution < -0.4 is 30.1 Å². The number of carbonyl (C=O) groups is 2. The van der Waals surface area contributed by atoms with Gasteiger partial charge in [-0.1, -0.05) is 36.9 Å². The minimum atomic E-state index is -0.373. The molecule has 4 aromatic rings. The van der Waals surface area contributed by atoms with Crippen molar-refractivity contribution in [1.29, 1.82) is 0 Å². The average molecular weight is 636 g/mol. The van der Waals surface area contributed by atoms with Gasteiger partial charge in [0, 0.05) is 38.2 Å². The number of nitrogens with one attached hydrogen (secondary N) is 2. The second-order valence-electron chi connectivity index (χ2n) is 11.2. The van der Waals surface area contributed by atoms with Crippen molar-refractivity contribution in [3.63, 3.8) is 0 Å². The normalized spacial score (nSPS) is 16.2. The van der Waals surface area contributed by atoms with Crippen LogP contribution in [0.3, 0.4) is 0 Å². The molecule has 2 amide bonds. The smallest absolute Gasteiger partial charge is 0.247 e. The first-order chi connectivity index (χ1) is 22.8. The number of ether oxygens (including phenoxy) is 2. The summed E-state index contributed by atoms with van der Waals surface area (Å²) in [6.45, 7) is 7.36. The molecule has 2 aliphatic rings. The zero-order valence-electron chi connectivity index (χ0n) is 26.6. The van der Waals surface area contributed by atoms with Crippen LogP contribution in [-0.4, -0.2) is 67.1 Å². The van der Waals surface area contributed by atoms with E-state index in [4.69, 9.17) is 14.3 Å². The van der Waals surface area contributed by atoms with Crippen molar-refractivity contribution in [3.8, 4) is 17.2 Å². The molecule has 12 nitrogen and oxygen atoms in total. The van der Waals surface area contributed by atoms with E-state index in [1.165, 1.54) is 12.4 Å². The predicted molar refractivity (Wildman–Crippen MR) is 180 cm³/mol. The van der Waals surface area contributed by atoms with Crippen LogP contribution in [0.5, 0.6) is 17.2 Å². The molecule has 1 aromatic heterocycles. The third-order valence-electron chi connectivity index (χ3n) is 8.17. The number of hydrogen-bond donors (Lipinski definition) is 2. The molecule has 47 heavy (non-hydrogen) atoms. The van der Waals surface area contributed by atoms with Crippen molar-refractivity contribution in [2.75, 3.05) is 61.0 Å². The van der Waals surface area contributed by atoms with Crippen LogP contribution in [-0.2, 0) is 14.4 Å². The number of benzene rings is 3. The highest BCUT2D eigenvalue weighted by Gasteiger charge is 2.30. The van der Waals surface area contributed by atoms with Crippen molar-refractivity contribution in [2.45, 2.75) is 19.4 Å². The molecule has 0 radical (unpaired) electrons. The highest BCUT2D eigenvalue weighted by molar-refractivity contribution is 6.03. The summed E-state index contributed by atoms with van der Waals surface area (Å²) in [6, 6.07) is 21.1. The monoisotopic (exact) mass is 635 g/mol. The summed E-state index contributed by atoms with van der Waals surface area (Å²) in [5.74, 6) is 2.73. The number of aromatic nitrogens is 2. The number of piperazine rings is 1. The number of methoxy groups -OCH3 is 1. The van der Waals surface area contributed by atoms with Gasteiger partial charge in [-0.25, -0.2) is 15.0 Å². The van der Waals surface area contributed by atoms with Crippen molar-refractivity contribution in [3.05, 3.63) is 96.8 Å². The molecule has 12 heteroatoms. The molecular formula is C35H37N7O5. The molecule has 1 atom stereocenters. The van der Waals surface area contributed by atoms with E-state index in [9.17, 15) is 9.59 Å². The summed E-state index contributed by atoms with van der Waals surface area (Å²) in [4.78, 5) is 43.8. The molecule has 0 saturated carbocycles. The Kier molecular flexibility index (Phi) is 9.20. The van der Waals surface area contributed by atoms with E-state index in [2.05, 4.69) is 27.2 Å². The fourth-order valence-electron chi connectivity index (χ4n) is 5.86. The quantitative estimate of drug-likeness (QED) is 0.213. The van der Waals surface area contributed by atoms with Crippen LogP contribution >= 0.6 is 0 Å². The summed E-state index contributed by atoms with van der Waals surface area (Å²) in [6.07, 6.45) is 3.44. The largest absolute Gasteiger partial charge is 0.494 e. The molecule has 6 rings (SSSR count). The average Bonchev–Trinajstić information content (AvgIpc) is 3.57. The van der Waals surface area contributed by atoms with Gasteiger partial charge in [-0.2, -0.15) is 0 Å². The van der Waals surface area contributed by atoms with Gasteiger partial charge in [0.25, 0.3) is 0 Å². The van der Waals surface area contributed by atoms with Gasteiger partial charge in [0.1, 0.15) is 29.4 Å². The summed E-state index contributed by atoms with van der Waals surface area (Å²) in [7, 11) is 3.36. The molecular weight excluding hydrogens is 598 g/mol. The lowest BCUT2D eigenvalue weighted by atomic mass is 10.0. The number of nitrogens with zero attached hydrogens (tertiary/aromatic N) is 5. The van der Waals surface area contributed by atoms with Gasteiger partial charge in [0.15, 0.2) is 5.82 Å². The maximum absolute atomic E-state index is 12.6. The summed E-state index contributed by atoms with van der Waals surface area (Å²) < 4.78 is 11.9. The predicted octanol–water partition coefficient (Wildman–Crippen LogP) is 5.62. The van der Waals surface area contributed by atoms with Gasteiger partial charge in [-0.15, -0.1) is 0 Å². The number of para-hydroxylation sites is 1. The number of likely N-dealkylation sites (N-methyl/N-ethyl adjacent to an activating group) is 1. The first-order valence-corrected chi connectivity index (χ1v) is 15.3. The van der Waals surface area contributed by atoms with Gasteiger partial charge in [-0.3, -0.25) is 14.4 Å². The van der Waals surface area contributed by atoms with Gasteiger partial charge in [0.05, 0.1) is 43.4 Å². The molecule has 0 bridgehead atoms. The topological polar surface area (TPSA) is 121 Å². The Bertz CT molecular complexity index is 1780. The number of hydroxylamine groups is 1. The van der Waals surface area contributed by atoms with Crippen molar-refractivity contribution < 1.29 is 23.9 Å². The van der Waals surface area contributed by atoms with Gasteiger partial charge >= 0.3 is 0 Å². The second-order valence-corrected chi connectivity index (χ2v) is 11.2. The second kappa shape index (κ2) is 13.8. The van der Waals surface area contributed by atoms with E-state index in [0.29, 0.717) is 54.1 Å². The number of carbonyl (C=O) groups excluding carboxylic acids is 2. The maximum Gasteiger partial charge on any atom is 0.247 e. The van der Waals surface area contributed by atoms with Gasteiger partial charge in [-0.05, 0) is 48.9 Å². The molecule has 2 aliphatic heterocycles. The number of anilines is 5. The van der Waals surface area contributed by atoms with Crippen LogP contribution in [0.4, 0.5) is 28.7 Å². The van der Waals surface area contributed by atoms with Gasteiger partial charge < -0.3 is 29.9 Å². The van der Waals surface area contributed by atoms with E-state index in [1.54, 1.807) is 36.3 Å². The van der Waals surface area contributed by atoms with Crippen molar-refractivity contribution >= 4 is 40.5 Å². The Labute approximate surface area is 273 Å². The van der Waals surface area contributed by atoms with Crippen LogP contribution in [0.15, 0.2) is 85.7 Å². The molecule has 242 valence electrons. The Hall–Kier alpha value is -5.62. The molecule has 3 heterocycles. The Morgan fingerprint density at radius 3 is 2.62 bits per heavy atom. The Morgan fingerprint density at radius 1 is 1.04 bits per heavy atom. The van der Waals surface area contributed by atoms with E-state index in [-0.39, 0.29) is 24.4 Å². The van der Waals surface area contributed by atoms with Crippen molar-refractivity contribution in [2.24, 2.45) is 0 Å². The fraction of sp³-hybridized carbons (Fsp3) is 0.257. The zero-order valence-corrected chi connectivity index (χ0v) is 26.6. The number of hydrogen-bond acceptors (Lipinski definition) is 10. The lowest BCUT2D eigenvalue weighted by molar-refractivity contribution is -0.129. The lowest BCUT2D eigenvalue weighted by Crippen LogP contribution is -2.49. The molecule has 0 unspecified atom stereocenters. The van der Waals surface area contributed by atoms with E-state index < -0.39 is 0 Å². The first-order valence-electron chi connectivity index (χ1n) is 15.3. The Balaban J connectivity index is 1.28. The third kappa shape index (κ3) is 6.82. The molecule has 3 aromatic carbocycles. The van der Waals surface area contributed by atoms with Crippen LogP contribution in [0.1, 0.15) is 23.6 Å². The SMILES string of the molecule is C=CC(=O)Nc1cc(Nc2cc(N3OCC[C@@H]3c3cccc(Oc4ccccc4)c3)ncn2)c(OC)c(C)c1N1CCN(C)C(=O)C1. The fourth-order valence-corrected chi connectivity index (χ4v) is 5.86. The maximum atomic E-state index is 12.6. The van der Waals surface area contributed by atoms with Gasteiger partial charge in [0.2, 0.25) is 11.8 Å². The highest BCUT2D eigenvalue weighted by atomic mass is 16.7. The minimum Gasteiger partial charge on any atom is -0.494 e. The summed E-state index contributed by atoms with van der Waals surface area (Å²) in [5.41, 5.74) is 3.58. The number of rotatable bonds is 10. The zero-order chi connectivity index (χ0) is 32.9. The molecule has 0 spiro atoms. The van der Waals surface area contributed by atoms with Crippen LogP contribution in [0, 0.1) is 6.92 Å². The molecule has 2 fully saturated rings. The minimum absolute atomic E-state index is 0.00999. The molecule has 2 N–H and O–H groups in total. The summed E-state index contributed by atoms with van der Waals surface area (Å²) in [5, 5.41) is 8.05. The van der Waals surface area contributed by atoms with Crippen LogP contribution in [0.25, 0.3) is 0 Å². The van der Waals surface area contributed by atoms with Crippen LogP contribution in [0.2, 0.25) is 0 Å².